The zero-order chi connectivity index (χ0) is 22.4. The van der Waals surface area contributed by atoms with Crippen molar-refractivity contribution in [2.45, 2.75) is 71.0 Å². The van der Waals surface area contributed by atoms with Crippen LogP contribution >= 0.6 is 23.2 Å². The van der Waals surface area contributed by atoms with E-state index in [0.29, 0.717) is 29.4 Å². The van der Waals surface area contributed by atoms with Crippen molar-refractivity contribution in [1.82, 2.24) is 10.2 Å². The van der Waals surface area contributed by atoms with Gasteiger partial charge in [-0.25, -0.2) is 0 Å². The zero-order valence-electron chi connectivity index (χ0n) is 18.2. The Hall–Kier alpha value is -2.04. The molecule has 0 bridgehead atoms. The van der Waals surface area contributed by atoms with Crippen LogP contribution in [-0.2, 0) is 22.6 Å². The predicted molar refractivity (Wildman–Crippen MR) is 126 cm³/mol. The smallest absolute Gasteiger partial charge is 0.242 e. The van der Waals surface area contributed by atoms with E-state index in [1.54, 1.807) is 24.0 Å². The Labute approximate surface area is 194 Å². The van der Waals surface area contributed by atoms with E-state index >= 15 is 0 Å². The molecule has 0 aliphatic heterocycles. The first-order valence-electron chi connectivity index (χ1n) is 10.9. The second-order valence-electron chi connectivity index (χ2n) is 8.42. The maximum Gasteiger partial charge on any atom is 0.242 e. The van der Waals surface area contributed by atoms with Crippen molar-refractivity contribution >= 4 is 35.0 Å². The molecular weight excluding hydrogens is 431 g/mol. The van der Waals surface area contributed by atoms with Gasteiger partial charge in [-0.05, 0) is 56.4 Å². The van der Waals surface area contributed by atoms with Crippen LogP contribution < -0.4 is 5.32 Å². The molecule has 0 heterocycles. The topological polar surface area (TPSA) is 49.4 Å². The summed E-state index contributed by atoms with van der Waals surface area (Å²) in [6.45, 7) is 4.15. The fourth-order valence-corrected chi connectivity index (χ4v) is 4.28. The van der Waals surface area contributed by atoms with E-state index in [2.05, 4.69) is 5.32 Å². The van der Waals surface area contributed by atoms with Crippen molar-refractivity contribution in [3.05, 3.63) is 69.2 Å². The summed E-state index contributed by atoms with van der Waals surface area (Å²) in [7, 11) is 0. The molecule has 3 rings (SSSR count). The molecule has 1 fully saturated rings. The number of rotatable bonds is 8. The van der Waals surface area contributed by atoms with Crippen LogP contribution in [0.1, 0.15) is 55.7 Å². The summed E-state index contributed by atoms with van der Waals surface area (Å²) in [6, 6.07) is 13.1. The van der Waals surface area contributed by atoms with Crippen LogP contribution in [0.5, 0.6) is 0 Å². The Morgan fingerprint density at radius 2 is 1.68 bits per heavy atom. The molecule has 0 saturated heterocycles. The van der Waals surface area contributed by atoms with Crippen LogP contribution in [0, 0.1) is 6.92 Å². The summed E-state index contributed by atoms with van der Waals surface area (Å²) >= 11 is 12.2. The van der Waals surface area contributed by atoms with Gasteiger partial charge in [0.15, 0.2) is 0 Å². The van der Waals surface area contributed by atoms with Crippen molar-refractivity contribution < 1.29 is 9.59 Å². The number of halogens is 2. The third-order valence-electron chi connectivity index (χ3n) is 5.95. The lowest BCUT2D eigenvalue weighted by atomic mass is 10.1. The van der Waals surface area contributed by atoms with Crippen molar-refractivity contribution in [3.63, 3.8) is 0 Å². The Morgan fingerprint density at radius 3 is 2.32 bits per heavy atom. The van der Waals surface area contributed by atoms with E-state index in [0.717, 1.165) is 36.8 Å². The monoisotopic (exact) mass is 460 g/mol. The van der Waals surface area contributed by atoms with E-state index in [9.17, 15) is 9.59 Å². The number of nitrogens with zero attached hydrogens (tertiary/aromatic N) is 1. The predicted octanol–water partition coefficient (Wildman–Crippen LogP) is 5.71. The molecule has 0 radical (unpaired) electrons. The van der Waals surface area contributed by atoms with Gasteiger partial charge in [0.2, 0.25) is 11.8 Å². The van der Waals surface area contributed by atoms with Crippen LogP contribution in [0.25, 0.3) is 0 Å². The molecule has 0 aromatic heterocycles. The quantitative estimate of drug-likeness (QED) is 0.548. The minimum absolute atomic E-state index is 0.0549. The molecule has 2 amide bonds. The average molecular weight is 461 g/mol. The number of hydrogen-bond acceptors (Lipinski definition) is 2. The number of carbonyl (C=O) groups is 2. The second kappa shape index (κ2) is 11.0. The molecule has 166 valence electrons. The van der Waals surface area contributed by atoms with Gasteiger partial charge in [-0.3, -0.25) is 9.59 Å². The third-order valence-corrected chi connectivity index (χ3v) is 6.69. The van der Waals surface area contributed by atoms with E-state index in [-0.39, 0.29) is 17.9 Å². The Morgan fingerprint density at radius 1 is 1.03 bits per heavy atom. The molecule has 1 N–H and O–H groups in total. The first-order chi connectivity index (χ1) is 14.8. The summed E-state index contributed by atoms with van der Waals surface area (Å²) in [5, 5.41) is 4.03. The Bertz CT molecular complexity index is 908. The average Bonchev–Trinajstić information content (AvgIpc) is 3.26. The maximum absolute atomic E-state index is 13.2. The molecular formula is C25H30Cl2N2O2. The highest BCUT2D eigenvalue weighted by Gasteiger charge is 2.28. The second-order valence-corrected chi connectivity index (χ2v) is 9.24. The van der Waals surface area contributed by atoms with Crippen molar-refractivity contribution in [3.8, 4) is 0 Å². The van der Waals surface area contributed by atoms with E-state index in [1.165, 1.54) is 5.56 Å². The fourth-order valence-electron chi connectivity index (χ4n) is 3.96. The van der Waals surface area contributed by atoms with Crippen LogP contribution in [0.15, 0.2) is 42.5 Å². The lowest BCUT2D eigenvalue weighted by Crippen LogP contribution is -2.49. The summed E-state index contributed by atoms with van der Waals surface area (Å²) in [6.07, 6.45) is 5.27. The Balaban J connectivity index is 1.72. The summed E-state index contributed by atoms with van der Waals surface area (Å²) in [5.41, 5.74) is 3.14. The highest BCUT2D eigenvalue weighted by molar-refractivity contribution is 6.42. The normalized spacial score (nSPS) is 15.0. The molecule has 4 nitrogen and oxygen atoms in total. The third kappa shape index (κ3) is 6.72. The highest BCUT2D eigenvalue weighted by Crippen LogP contribution is 2.24. The number of carbonyl (C=O) groups excluding carboxylic acids is 2. The van der Waals surface area contributed by atoms with Gasteiger partial charge in [-0.1, -0.05) is 71.9 Å². The van der Waals surface area contributed by atoms with Crippen LogP contribution in [0.4, 0.5) is 0 Å². The van der Waals surface area contributed by atoms with Crippen LogP contribution in [0.3, 0.4) is 0 Å². The zero-order valence-corrected chi connectivity index (χ0v) is 19.7. The van der Waals surface area contributed by atoms with E-state index in [1.807, 2.05) is 37.3 Å². The summed E-state index contributed by atoms with van der Waals surface area (Å²) < 4.78 is 0. The van der Waals surface area contributed by atoms with Gasteiger partial charge in [0.25, 0.3) is 0 Å². The van der Waals surface area contributed by atoms with Crippen molar-refractivity contribution in [1.29, 1.82) is 0 Å². The first-order valence-corrected chi connectivity index (χ1v) is 11.7. The molecule has 2 aromatic carbocycles. The highest BCUT2D eigenvalue weighted by atomic mass is 35.5. The SMILES string of the molecule is Cc1ccc(CCC(=O)N(Cc2ccc(Cl)c(Cl)c2)[C@H](C)C(=O)NC2CCCC2)cc1. The van der Waals surface area contributed by atoms with Crippen molar-refractivity contribution in [2.24, 2.45) is 0 Å². The summed E-state index contributed by atoms with van der Waals surface area (Å²) in [4.78, 5) is 27.8. The van der Waals surface area contributed by atoms with Gasteiger partial charge >= 0.3 is 0 Å². The fraction of sp³-hybridized carbons (Fsp3) is 0.440. The molecule has 6 heteroatoms. The number of benzene rings is 2. The van der Waals surface area contributed by atoms with Gasteiger partial charge in [0.1, 0.15) is 6.04 Å². The maximum atomic E-state index is 13.2. The summed E-state index contributed by atoms with van der Waals surface area (Å²) in [5.74, 6) is -0.156. The molecule has 1 aliphatic rings. The van der Waals surface area contributed by atoms with Gasteiger partial charge < -0.3 is 10.2 Å². The molecule has 1 atom stereocenters. The van der Waals surface area contributed by atoms with Gasteiger partial charge in [-0.15, -0.1) is 0 Å². The van der Waals surface area contributed by atoms with Crippen LogP contribution in [-0.4, -0.2) is 28.8 Å². The molecule has 1 saturated carbocycles. The number of nitrogens with one attached hydrogen (secondary N) is 1. The molecule has 0 spiro atoms. The van der Waals surface area contributed by atoms with Gasteiger partial charge in [-0.2, -0.15) is 0 Å². The van der Waals surface area contributed by atoms with E-state index < -0.39 is 6.04 Å². The van der Waals surface area contributed by atoms with Crippen molar-refractivity contribution in [2.75, 3.05) is 0 Å². The number of aryl methyl sites for hydroxylation is 2. The molecule has 1 aliphatic carbocycles. The van der Waals surface area contributed by atoms with E-state index in [4.69, 9.17) is 23.2 Å². The van der Waals surface area contributed by atoms with Crippen LogP contribution in [0.2, 0.25) is 10.0 Å². The largest absolute Gasteiger partial charge is 0.352 e. The first kappa shape index (κ1) is 23.6. The lowest BCUT2D eigenvalue weighted by Gasteiger charge is -2.30. The van der Waals surface area contributed by atoms with Gasteiger partial charge in [0, 0.05) is 19.0 Å². The standard InChI is InChI=1S/C25H30Cl2N2O2/c1-17-7-9-19(10-8-17)12-14-24(30)29(16-20-11-13-22(26)23(27)15-20)18(2)25(31)28-21-5-3-4-6-21/h7-11,13,15,18,21H,3-6,12,14,16H2,1-2H3,(H,28,31)/t18-/m1/s1. The van der Waals surface area contributed by atoms with Gasteiger partial charge in [0.05, 0.1) is 10.0 Å². The number of hydrogen-bond donors (Lipinski definition) is 1. The molecule has 2 aromatic rings. The molecule has 0 unspecified atom stereocenters. The Kier molecular flexibility index (Phi) is 8.39. The number of amides is 2. The molecule has 31 heavy (non-hydrogen) atoms. The lowest BCUT2D eigenvalue weighted by molar-refractivity contribution is -0.140. The minimum atomic E-state index is -0.569. The minimum Gasteiger partial charge on any atom is -0.352 e.